The third-order valence-corrected chi connectivity index (χ3v) is 8.29. The molecule has 41 heavy (non-hydrogen) atoms. The van der Waals surface area contributed by atoms with Gasteiger partial charge >= 0.3 is 0 Å². The van der Waals surface area contributed by atoms with Gasteiger partial charge in [0.25, 0.3) is 11.5 Å². The lowest BCUT2D eigenvalue weighted by Crippen LogP contribution is -2.46. The molecule has 0 spiro atoms. The summed E-state index contributed by atoms with van der Waals surface area (Å²) in [5, 5.41) is 3.53. The lowest BCUT2D eigenvalue weighted by atomic mass is 10.1. The highest BCUT2D eigenvalue weighted by Gasteiger charge is 2.24. The van der Waals surface area contributed by atoms with Crippen LogP contribution in [0.2, 0.25) is 0 Å². The molecule has 6 rings (SSSR count). The lowest BCUT2D eigenvalue weighted by molar-refractivity contribution is 0.0945. The average molecular weight is 555 g/mol. The number of nitrogens with zero attached hydrogens (tertiary/aromatic N) is 4. The normalized spacial score (nSPS) is 15.8. The predicted molar refractivity (Wildman–Crippen MR) is 162 cm³/mol. The van der Waals surface area contributed by atoms with Crippen molar-refractivity contribution in [3.05, 3.63) is 82.0 Å². The summed E-state index contributed by atoms with van der Waals surface area (Å²) in [4.78, 5) is 38.0. The minimum Gasteiger partial charge on any atom is -0.491 e. The first kappa shape index (κ1) is 27.1. The number of para-hydroxylation sites is 2. The second kappa shape index (κ2) is 12.2. The molecule has 0 unspecified atom stereocenters. The summed E-state index contributed by atoms with van der Waals surface area (Å²) >= 11 is 0. The maximum Gasteiger partial charge on any atom is 0.268 e. The van der Waals surface area contributed by atoms with Crippen LogP contribution in [0.15, 0.2) is 59.7 Å². The van der Waals surface area contributed by atoms with Crippen molar-refractivity contribution in [3.8, 4) is 11.4 Å². The number of ether oxygens (including phenoxy) is 1. The van der Waals surface area contributed by atoms with Crippen LogP contribution >= 0.6 is 0 Å². The first-order valence-corrected chi connectivity index (χ1v) is 14.8. The number of anilines is 1. The van der Waals surface area contributed by atoms with Gasteiger partial charge in [0.15, 0.2) is 5.65 Å². The molecule has 0 saturated carbocycles. The maximum atomic E-state index is 13.4. The molecule has 4 heterocycles. The first-order valence-electron chi connectivity index (χ1n) is 14.8. The highest BCUT2D eigenvalue weighted by atomic mass is 16.5. The van der Waals surface area contributed by atoms with Gasteiger partial charge in [-0.1, -0.05) is 30.3 Å². The zero-order valence-electron chi connectivity index (χ0n) is 23.7. The van der Waals surface area contributed by atoms with Crippen LogP contribution in [0.25, 0.3) is 16.7 Å². The number of aryl methyl sites for hydroxylation is 2. The van der Waals surface area contributed by atoms with Crippen molar-refractivity contribution in [2.24, 2.45) is 0 Å². The van der Waals surface area contributed by atoms with Crippen molar-refractivity contribution < 1.29 is 9.53 Å². The van der Waals surface area contributed by atoms with Crippen molar-refractivity contribution in [3.63, 3.8) is 0 Å². The quantitative estimate of drug-likeness (QED) is 0.319. The second-order valence-electron chi connectivity index (χ2n) is 10.9. The Labute approximate surface area is 240 Å². The van der Waals surface area contributed by atoms with Gasteiger partial charge in [-0.2, -0.15) is 0 Å². The van der Waals surface area contributed by atoms with Gasteiger partial charge in [-0.15, -0.1) is 0 Å². The fraction of sp³-hybridized carbons (Fsp3) is 0.406. The summed E-state index contributed by atoms with van der Waals surface area (Å²) in [7, 11) is 0. The molecule has 9 heteroatoms. The number of hydrogen-bond acceptors (Lipinski definition) is 6. The molecule has 9 nitrogen and oxygen atoms in total. The van der Waals surface area contributed by atoms with Gasteiger partial charge in [-0.05, 0) is 74.9 Å². The fourth-order valence-electron chi connectivity index (χ4n) is 6.12. The van der Waals surface area contributed by atoms with Crippen LogP contribution in [0.1, 0.15) is 47.3 Å². The zero-order chi connectivity index (χ0) is 28.2. The average Bonchev–Trinajstić information content (AvgIpc) is 3.13. The number of aromatic nitrogens is 3. The number of nitrogens with one attached hydrogen (secondary N) is 2. The predicted octanol–water partition coefficient (Wildman–Crippen LogP) is 4.07. The summed E-state index contributed by atoms with van der Waals surface area (Å²) in [6.07, 6.45) is 6.69. The minimum atomic E-state index is -0.244. The van der Waals surface area contributed by atoms with Crippen LogP contribution < -0.4 is 20.5 Å². The summed E-state index contributed by atoms with van der Waals surface area (Å²) in [5.41, 5.74) is 4.71. The van der Waals surface area contributed by atoms with E-state index in [1.54, 1.807) is 4.57 Å². The van der Waals surface area contributed by atoms with Gasteiger partial charge < -0.3 is 19.9 Å². The van der Waals surface area contributed by atoms with E-state index in [4.69, 9.17) is 4.74 Å². The molecule has 214 valence electrons. The number of carbonyl (C=O) groups excluding carboxylic acids is 1. The van der Waals surface area contributed by atoms with Crippen molar-refractivity contribution in [2.45, 2.75) is 39.0 Å². The van der Waals surface area contributed by atoms with E-state index in [0.717, 1.165) is 76.5 Å². The number of piperazine rings is 1. The molecule has 0 atom stereocenters. The lowest BCUT2D eigenvalue weighted by Gasteiger charge is -2.37. The van der Waals surface area contributed by atoms with Gasteiger partial charge in [0.1, 0.15) is 11.4 Å². The van der Waals surface area contributed by atoms with Crippen LogP contribution in [-0.4, -0.2) is 71.2 Å². The van der Waals surface area contributed by atoms with E-state index in [1.165, 1.54) is 24.0 Å². The van der Waals surface area contributed by atoms with E-state index in [0.29, 0.717) is 28.8 Å². The van der Waals surface area contributed by atoms with Crippen LogP contribution in [0.4, 0.5) is 5.69 Å². The smallest absolute Gasteiger partial charge is 0.268 e. The van der Waals surface area contributed by atoms with Crippen molar-refractivity contribution in [1.29, 1.82) is 0 Å². The molecule has 1 amide bonds. The monoisotopic (exact) mass is 554 g/mol. The number of unbranched alkanes of at least 4 members (excludes halogenated alkanes) is 1. The van der Waals surface area contributed by atoms with Crippen LogP contribution in [-0.2, 0) is 6.42 Å². The molecule has 2 aromatic heterocycles. The van der Waals surface area contributed by atoms with Gasteiger partial charge in [0.2, 0.25) is 0 Å². The third-order valence-electron chi connectivity index (χ3n) is 8.29. The SMILES string of the molecule is Cc1c(C(=O)NCCCCN2CCN(c3cccc4c3OCCCC4)CC2)n(-c2ccccc2)c2nc[nH]c(=O)c12. The molecule has 0 radical (unpaired) electrons. The van der Waals surface area contributed by atoms with Crippen LogP contribution in [0, 0.1) is 6.92 Å². The fourth-order valence-corrected chi connectivity index (χ4v) is 6.12. The Kier molecular flexibility index (Phi) is 8.04. The highest BCUT2D eigenvalue weighted by molar-refractivity contribution is 6.01. The van der Waals surface area contributed by atoms with Crippen LogP contribution in [0.3, 0.4) is 0 Å². The third kappa shape index (κ3) is 5.59. The molecule has 2 aliphatic rings. The van der Waals surface area contributed by atoms with Crippen molar-refractivity contribution >= 4 is 22.6 Å². The number of aromatic amines is 1. The Bertz CT molecular complexity index is 1570. The molecule has 0 bridgehead atoms. The molecular weight excluding hydrogens is 516 g/mol. The minimum absolute atomic E-state index is 0.193. The molecule has 2 aromatic carbocycles. The molecular formula is C32H38N6O3. The highest BCUT2D eigenvalue weighted by Crippen LogP contribution is 2.35. The van der Waals surface area contributed by atoms with Gasteiger partial charge in [0.05, 0.1) is 24.0 Å². The van der Waals surface area contributed by atoms with E-state index in [2.05, 4.69) is 43.3 Å². The molecule has 2 aliphatic heterocycles. The Morgan fingerprint density at radius 1 is 1.02 bits per heavy atom. The molecule has 0 aliphatic carbocycles. The van der Waals surface area contributed by atoms with Crippen molar-refractivity contribution in [1.82, 2.24) is 24.8 Å². The molecule has 2 N–H and O–H groups in total. The summed E-state index contributed by atoms with van der Waals surface area (Å²) in [6.45, 7) is 8.24. The molecule has 1 fully saturated rings. The number of rotatable bonds is 8. The number of benzene rings is 2. The largest absolute Gasteiger partial charge is 0.491 e. The number of fused-ring (bicyclic) bond motifs is 2. The van der Waals surface area contributed by atoms with Crippen LogP contribution in [0.5, 0.6) is 5.75 Å². The van der Waals surface area contributed by atoms with Crippen molar-refractivity contribution in [2.75, 3.05) is 50.8 Å². The number of hydrogen-bond donors (Lipinski definition) is 2. The molecule has 4 aromatic rings. The standard InChI is InChI=1S/C32H38N6O3/c1-23-27-30(34-22-35-31(27)39)38(25-12-3-2-4-13-25)28(23)32(40)33-15-6-7-16-36-17-19-37(20-18-36)26-14-9-11-24-10-5-8-21-41-29(24)26/h2-4,9,11-14,22H,5-8,10,15-21H2,1H3,(H,33,40)(H,34,35,39). The van der Waals surface area contributed by atoms with Gasteiger partial charge in [-0.3, -0.25) is 19.1 Å². The van der Waals surface area contributed by atoms with E-state index >= 15 is 0 Å². The number of amides is 1. The van der Waals surface area contributed by atoms with E-state index in [-0.39, 0.29) is 11.5 Å². The van der Waals surface area contributed by atoms with E-state index in [9.17, 15) is 9.59 Å². The Hall–Kier alpha value is -4.11. The Morgan fingerprint density at radius 2 is 1.85 bits per heavy atom. The number of H-pyrrole nitrogens is 1. The van der Waals surface area contributed by atoms with E-state index in [1.807, 2.05) is 37.3 Å². The molecule has 1 saturated heterocycles. The topological polar surface area (TPSA) is 95.5 Å². The first-order chi connectivity index (χ1) is 20.1. The summed E-state index contributed by atoms with van der Waals surface area (Å²) in [5.74, 6) is 0.901. The maximum absolute atomic E-state index is 13.4. The second-order valence-corrected chi connectivity index (χ2v) is 10.9. The summed E-state index contributed by atoms with van der Waals surface area (Å²) < 4.78 is 7.94. The van der Waals surface area contributed by atoms with Gasteiger partial charge in [0, 0.05) is 38.4 Å². The zero-order valence-corrected chi connectivity index (χ0v) is 23.7. The van der Waals surface area contributed by atoms with E-state index < -0.39 is 0 Å². The Balaban J connectivity index is 1.03. The van der Waals surface area contributed by atoms with Gasteiger partial charge in [-0.25, -0.2) is 4.98 Å². The number of carbonyl (C=O) groups is 1. The summed E-state index contributed by atoms with van der Waals surface area (Å²) in [6, 6.07) is 16.2. The Morgan fingerprint density at radius 3 is 2.68 bits per heavy atom.